The van der Waals surface area contributed by atoms with Gasteiger partial charge >= 0.3 is 0 Å². The fourth-order valence-electron chi connectivity index (χ4n) is 8.86. The predicted molar refractivity (Wildman–Crippen MR) is 105 cm³/mol. The summed E-state index contributed by atoms with van der Waals surface area (Å²) in [5, 5.41) is 3.56. The molecule has 25 heavy (non-hydrogen) atoms. The monoisotopic (exact) mass is 344 g/mol. The Morgan fingerprint density at radius 1 is 0.760 bits per heavy atom. The average molecular weight is 345 g/mol. The fraction of sp³-hybridized carbons (Fsp3) is 1.00. The van der Waals surface area contributed by atoms with Gasteiger partial charge in [0.2, 0.25) is 0 Å². The zero-order valence-corrected chi connectivity index (χ0v) is 16.7. The van der Waals surface area contributed by atoms with Crippen molar-refractivity contribution in [2.75, 3.05) is 26.2 Å². The third-order valence-electron chi connectivity index (χ3n) is 10.1. The summed E-state index contributed by atoms with van der Waals surface area (Å²) < 4.78 is 0. The Kier molecular flexibility index (Phi) is 4.25. The molecule has 5 rings (SSSR count). The lowest BCUT2D eigenvalue weighted by Gasteiger charge is -2.61. The first-order valence-electron chi connectivity index (χ1n) is 11.6. The van der Waals surface area contributed by atoms with Crippen molar-refractivity contribution < 1.29 is 0 Å². The maximum atomic E-state index is 3.56. The molecule has 1 heterocycles. The molecule has 0 spiro atoms. The van der Waals surface area contributed by atoms with E-state index in [1.807, 2.05) is 0 Å². The number of nitrogens with zero attached hydrogens (tertiary/aromatic N) is 1. The first kappa shape index (κ1) is 17.0. The summed E-state index contributed by atoms with van der Waals surface area (Å²) in [6.45, 7) is 10.4. The van der Waals surface area contributed by atoms with Crippen LogP contribution in [0.2, 0.25) is 0 Å². The van der Waals surface area contributed by atoms with E-state index in [-0.39, 0.29) is 0 Å². The van der Waals surface area contributed by atoms with Crippen LogP contribution in [0.25, 0.3) is 0 Å². The molecule has 1 saturated heterocycles. The second-order valence-corrected chi connectivity index (χ2v) is 10.8. The van der Waals surface area contributed by atoms with Gasteiger partial charge in [0.25, 0.3) is 0 Å². The third kappa shape index (κ3) is 2.49. The lowest BCUT2D eigenvalue weighted by atomic mass is 9.45. The molecule has 2 unspecified atom stereocenters. The van der Waals surface area contributed by atoms with Crippen molar-refractivity contribution in [3.63, 3.8) is 0 Å². The van der Waals surface area contributed by atoms with E-state index < -0.39 is 0 Å². The quantitative estimate of drug-likeness (QED) is 0.742. The number of piperazine rings is 1. The van der Waals surface area contributed by atoms with E-state index in [1.54, 1.807) is 32.1 Å². The van der Waals surface area contributed by atoms with Gasteiger partial charge in [0, 0.05) is 32.2 Å². The Hall–Kier alpha value is -0.0800. The van der Waals surface area contributed by atoms with Gasteiger partial charge in [-0.15, -0.1) is 0 Å². The molecule has 0 aromatic heterocycles. The largest absolute Gasteiger partial charge is 0.314 e. The summed E-state index contributed by atoms with van der Waals surface area (Å²) in [5.41, 5.74) is 1.33. The highest BCUT2D eigenvalue weighted by atomic mass is 15.2. The van der Waals surface area contributed by atoms with Crippen molar-refractivity contribution in [3.05, 3.63) is 0 Å². The Labute approximate surface area is 155 Å². The second kappa shape index (κ2) is 6.23. The first-order chi connectivity index (χ1) is 12.1. The van der Waals surface area contributed by atoms with Crippen LogP contribution in [0, 0.1) is 34.5 Å². The van der Waals surface area contributed by atoms with Crippen LogP contribution in [-0.4, -0.2) is 37.1 Å². The zero-order valence-electron chi connectivity index (χ0n) is 16.7. The van der Waals surface area contributed by atoms with Crippen LogP contribution in [0.3, 0.4) is 0 Å². The molecule has 1 aliphatic heterocycles. The van der Waals surface area contributed by atoms with E-state index in [4.69, 9.17) is 0 Å². The van der Waals surface area contributed by atoms with Gasteiger partial charge in [-0.1, -0.05) is 26.7 Å². The van der Waals surface area contributed by atoms with Crippen molar-refractivity contribution in [3.8, 4) is 0 Å². The van der Waals surface area contributed by atoms with Crippen LogP contribution in [0.5, 0.6) is 0 Å². The smallest absolute Gasteiger partial charge is 0.0153 e. The molecule has 0 aromatic carbocycles. The van der Waals surface area contributed by atoms with Gasteiger partial charge in [-0.3, -0.25) is 4.90 Å². The van der Waals surface area contributed by atoms with Crippen molar-refractivity contribution in [2.24, 2.45) is 34.5 Å². The minimum atomic E-state index is 0.621. The molecule has 0 bridgehead atoms. The summed E-state index contributed by atoms with van der Waals surface area (Å²) >= 11 is 0. The molecule has 4 saturated carbocycles. The molecule has 142 valence electrons. The minimum absolute atomic E-state index is 0.621. The molecule has 0 radical (unpaired) electrons. The summed E-state index contributed by atoms with van der Waals surface area (Å²) in [7, 11) is 0. The molecule has 2 nitrogen and oxygen atoms in total. The molecular formula is C23H40N2. The van der Waals surface area contributed by atoms with Gasteiger partial charge < -0.3 is 5.32 Å². The Balaban J connectivity index is 1.39. The highest BCUT2D eigenvalue weighted by molar-refractivity contribution is 5.11. The summed E-state index contributed by atoms with van der Waals surface area (Å²) in [6, 6.07) is 0.887. The van der Waals surface area contributed by atoms with Gasteiger partial charge in [-0.2, -0.15) is 0 Å². The zero-order chi connectivity index (χ0) is 17.1. The van der Waals surface area contributed by atoms with Crippen LogP contribution in [0.15, 0.2) is 0 Å². The van der Waals surface area contributed by atoms with E-state index in [2.05, 4.69) is 24.1 Å². The molecule has 4 aliphatic carbocycles. The van der Waals surface area contributed by atoms with Crippen molar-refractivity contribution in [1.29, 1.82) is 0 Å². The van der Waals surface area contributed by atoms with Crippen LogP contribution >= 0.6 is 0 Å². The van der Waals surface area contributed by atoms with E-state index >= 15 is 0 Å². The van der Waals surface area contributed by atoms with Gasteiger partial charge in [0.15, 0.2) is 0 Å². The van der Waals surface area contributed by atoms with E-state index in [0.29, 0.717) is 10.8 Å². The fourth-order valence-corrected chi connectivity index (χ4v) is 8.86. The van der Waals surface area contributed by atoms with Gasteiger partial charge in [0.1, 0.15) is 0 Å². The summed E-state index contributed by atoms with van der Waals surface area (Å²) in [5.74, 6) is 4.22. The Morgan fingerprint density at radius 2 is 1.56 bits per heavy atom. The normalized spacial score (nSPS) is 53.8. The predicted octanol–water partition coefficient (Wildman–Crippen LogP) is 4.69. The van der Waals surface area contributed by atoms with Crippen molar-refractivity contribution >= 4 is 0 Å². The Morgan fingerprint density at radius 3 is 2.40 bits per heavy atom. The summed E-state index contributed by atoms with van der Waals surface area (Å²) in [6.07, 6.45) is 15.3. The van der Waals surface area contributed by atoms with Crippen molar-refractivity contribution in [2.45, 2.75) is 84.1 Å². The van der Waals surface area contributed by atoms with Gasteiger partial charge in [0.05, 0.1) is 0 Å². The van der Waals surface area contributed by atoms with Crippen LogP contribution in [-0.2, 0) is 0 Å². The topological polar surface area (TPSA) is 15.3 Å². The lowest BCUT2D eigenvalue weighted by molar-refractivity contribution is -0.114. The number of hydrogen-bond donors (Lipinski definition) is 1. The first-order valence-corrected chi connectivity index (χ1v) is 11.6. The van der Waals surface area contributed by atoms with Crippen LogP contribution in [0.4, 0.5) is 0 Å². The average Bonchev–Trinajstić information content (AvgIpc) is 2.99. The van der Waals surface area contributed by atoms with Crippen molar-refractivity contribution in [1.82, 2.24) is 10.2 Å². The van der Waals surface area contributed by atoms with E-state index in [1.165, 1.54) is 58.3 Å². The molecular weight excluding hydrogens is 304 g/mol. The SMILES string of the molecule is C[C@]12CCCCC1CC[C@@H]1[C@H]2CC[C@]2(C)C(N3CCNCC3)CC[C@@H]12. The molecule has 7 atom stereocenters. The molecule has 5 fully saturated rings. The van der Waals surface area contributed by atoms with E-state index in [9.17, 15) is 0 Å². The molecule has 2 heteroatoms. The van der Waals surface area contributed by atoms with Crippen LogP contribution in [0.1, 0.15) is 78.1 Å². The maximum absolute atomic E-state index is 3.56. The maximum Gasteiger partial charge on any atom is 0.0153 e. The second-order valence-electron chi connectivity index (χ2n) is 10.8. The number of rotatable bonds is 1. The molecule has 0 aromatic rings. The van der Waals surface area contributed by atoms with Gasteiger partial charge in [-0.25, -0.2) is 0 Å². The number of nitrogens with one attached hydrogen (secondary N) is 1. The lowest BCUT2D eigenvalue weighted by Crippen LogP contribution is -2.57. The molecule has 1 N–H and O–H groups in total. The number of fused-ring (bicyclic) bond motifs is 5. The highest BCUT2D eigenvalue weighted by Gasteiger charge is 2.60. The molecule has 5 aliphatic rings. The number of hydrogen-bond acceptors (Lipinski definition) is 2. The molecule has 0 amide bonds. The minimum Gasteiger partial charge on any atom is -0.314 e. The van der Waals surface area contributed by atoms with Crippen LogP contribution < -0.4 is 5.32 Å². The standard InChI is InChI=1S/C23H40N2/c1-22-11-4-3-5-17(22)6-7-18-19-8-9-21(25-15-13-24-14-16-25)23(19,2)12-10-20(18)22/h17-21,24H,3-16H2,1-2H3/t17?,18-,19-,20+,21?,22-,23-/m0/s1. The third-order valence-corrected chi connectivity index (χ3v) is 10.1. The summed E-state index contributed by atoms with van der Waals surface area (Å²) in [4.78, 5) is 2.88. The highest BCUT2D eigenvalue weighted by Crippen LogP contribution is 2.66. The Bertz CT molecular complexity index is 498. The van der Waals surface area contributed by atoms with Gasteiger partial charge in [-0.05, 0) is 85.9 Å². The van der Waals surface area contributed by atoms with E-state index in [0.717, 1.165) is 29.7 Å².